The molecule has 1 saturated carbocycles. The summed E-state index contributed by atoms with van der Waals surface area (Å²) in [5.74, 6) is 0.948. The van der Waals surface area contributed by atoms with Crippen LogP contribution in [0.15, 0.2) is 0 Å². The van der Waals surface area contributed by atoms with E-state index in [9.17, 15) is 0 Å². The van der Waals surface area contributed by atoms with E-state index in [1.54, 1.807) is 0 Å². The van der Waals surface area contributed by atoms with Crippen molar-refractivity contribution < 1.29 is 4.74 Å². The van der Waals surface area contributed by atoms with Crippen LogP contribution < -0.4 is 5.73 Å². The Labute approximate surface area is 86.6 Å². The molecule has 14 heavy (non-hydrogen) atoms. The molecule has 3 nitrogen and oxygen atoms in total. The lowest BCUT2D eigenvalue weighted by Crippen LogP contribution is -2.54. The first-order valence-electron chi connectivity index (χ1n) is 5.88. The highest BCUT2D eigenvalue weighted by Gasteiger charge is 2.31. The molecule has 2 N–H and O–H groups in total. The van der Waals surface area contributed by atoms with Crippen molar-refractivity contribution >= 4 is 0 Å². The Hall–Kier alpha value is -0.120. The molecule has 1 saturated heterocycles. The van der Waals surface area contributed by atoms with Crippen molar-refractivity contribution in [2.75, 3.05) is 26.3 Å². The first kappa shape index (κ1) is 10.4. The van der Waals surface area contributed by atoms with Crippen molar-refractivity contribution in [2.24, 2.45) is 11.7 Å². The maximum absolute atomic E-state index is 6.13. The predicted octanol–water partition coefficient (Wildman–Crippen LogP) is 0.835. The second-order valence-corrected chi connectivity index (χ2v) is 4.63. The van der Waals surface area contributed by atoms with Gasteiger partial charge in [-0.1, -0.05) is 6.92 Å². The summed E-state index contributed by atoms with van der Waals surface area (Å²) >= 11 is 0. The Bertz CT molecular complexity index is 182. The molecule has 2 rings (SSSR count). The predicted molar refractivity (Wildman–Crippen MR) is 57.2 cm³/mol. The van der Waals surface area contributed by atoms with Crippen LogP contribution in [0.2, 0.25) is 0 Å². The van der Waals surface area contributed by atoms with E-state index in [1.165, 1.54) is 19.4 Å². The number of nitrogens with two attached hydrogens (primary N) is 1. The zero-order chi connectivity index (χ0) is 9.97. The highest BCUT2D eigenvalue weighted by Crippen LogP contribution is 2.30. The summed E-state index contributed by atoms with van der Waals surface area (Å²) in [5, 5.41) is 0. The largest absolute Gasteiger partial charge is 0.380 e. The lowest BCUT2D eigenvalue weighted by atomic mass is 10.0. The second-order valence-electron chi connectivity index (χ2n) is 4.63. The molecule has 1 heterocycles. The van der Waals surface area contributed by atoms with E-state index in [0.717, 1.165) is 32.1 Å². The van der Waals surface area contributed by atoms with E-state index in [2.05, 4.69) is 11.8 Å². The Morgan fingerprint density at radius 1 is 1.36 bits per heavy atom. The quantitative estimate of drug-likeness (QED) is 0.727. The molecule has 3 heteroatoms. The molecule has 2 atom stereocenters. The minimum absolute atomic E-state index is 0.322. The fourth-order valence-corrected chi connectivity index (χ4v) is 2.25. The highest BCUT2D eigenvalue weighted by molar-refractivity contribution is 4.87. The summed E-state index contributed by atoms with van der Waals surface area (Å²) in [5.41, 5.74) is 6.13. The third kappa shape index (κ3) is 2.47. The highest BCUT2D eigenvalue weighted by atomic mass is 16.5. The van der Waals surface area contributed by atoms with Gasteiger partial charge >= 0.3 is 0 Å². The number of hydrogen-bond acceptors (Lipinski definition) is 3. The molecule has 0 aromatic carbocycles. The van der Waals surface area contributed by atoms with Gasteiger partial charge in [-0.3, -0.25) is 4.90 Å². The van der Waals surface area contributed by atoms with Gasteiger partial charge in [0.1, 0.15) is 0 Å². The molecule has 82 valence electrons. The summed E-state index contributed by atoms with van der Waals surface area (Å²) < 4.78 is 5.52. The second kappa shape index (κ2) is 4.60. The van der Waals surface area contributed by atoms with Gasteiger partial charge in [-0.25, -0.2) is 0 Å². The number of rotatable bonds is 4. The van der Waals surface area contributed by atoms with Gasteiger partial charge in [-0.15, -0.1) is 0 Å². The Morgan fingerprint density at radius 2 is 2.14 bits per heavy atom. The lowest BCUT2D eigenvalue weighted by molar-refractivity contribution is 0.00600. The standard InChI is InChI=1S/C11H22N2O/c1-2-13(7-9-3-4-9)11-8-14-6-5-10(11)12/h9-11H,2-8,12H2,1H3. The van der Waals surface area contributed by atoms with Crippen molar-refractivity contribution in [3.05, 3.63) is 0 Å². The number of nitrogens with zero attached hydrogens (tertiary/aromatic N) is 1. The molecule has 0 aromatic rings. The Kier molecular flexibility index (Phi) is 3.42. The molecule has 0 amide bonds. The van der Waals surface area contributed by atoms with Gasteiger partial charge in [0.25, 0.3) is 0 Å². The normalized spacial score (nSPS) is 33.6. The summed E-state index contributed by atoms with van der Waals surface area (Å²) in [6.07, 6.45) is 3.85. The summed E-state index contributed by atoms with van der Waals surface area (Å²) in [4.78, 5) is 2.52. The molecule has 2 unspecified atom stereocenters. The molecule has 0 spiro atoms. The van der Waals surface area contributed by atoms with Crippen LogP contribution in [0.3, 0.4) is 0 Å². The molecule has 1 aliphatic heterocycles. The van der Waals surface area contributed by atoms with E-state index in [-0.39, 0.29) is 0 Å². The first-order valence-corrected chi connectivity index (χ1v) is 5.88. The summed E-state index contributed by atoms with van der Waals surface area (Å²) in [7, 11) is 0. The monoisotopic (exact) mass is 198 g/mol. The van der Waals surface area contributed by atoms with E-state index < -0.39 is 0 Å². The fourth-order valence-electron chi connectivity index (χ4n) is 2.25. The zero-order valence-corrected chi connectivity index (χ0v) is 9.11. The molecule has 0 radical (unpaired) electrons. The minimum atomic E-state index is 0.322. The van der Waals surface area contributed by atoms with Gasteiger partial charge in [-0.05, 0) is 31.7 Å². The van der Waals surface area contributed by atoms with Gasteiger partial charge < -0.3 is 10.5 Å². The van der Waals surface area contributed by atoms with Crippen LogP contribution in [0.1, 0.15) is 26.2 Å². The Morgan fingerprint density at radius 3 is 2.71 bits per heavy atom. The van der Waals surface area contributed by atoms with Crippen LogP contribution in [0.25, 0.3) is 0 Å². The molecule has 2 fully saturated rings. The summed E-state index contributed by atoms with van der Waals surface area (Å²) in [6, 6.07) is 0.789. The van der Waals surface area contributed by atoms with E-state index in [4.69, 9.17) is 10.5 Å². The average molecular weight is 198 g/mol. The smallest absolute Gasteiger partial charge is 0.0636 e. The summed E-state index contributed by atoms with van der Waals surface area (Å²) in [6.45, 7) is 6.25. The number of likely N-dealkylation sites (N-methyl/N-ethyl adjacent to an activating group) is 1. The lowest BCUT2D eigenvalue weighted by Gasteiger charge is -2.37. The van der Waals surface area contributed by atoms with Gasteiger partial charge in [-0.2, -0.15) is 0 Å². The van der Waals surface area contributed by atoms with E-state index >= 15 is 0 Å². The maximum atomic E-state index is 6.13. The van der Waals surface area contributed by atoms with Crippen LogP contribution in [0, 0.1) is 5.92 Å². The fraction of sp³-hybridized carbons (Fsp3) is 1.00. The Balaban J connectivity index is 1.87. The van der Waals surface area contributed by atoms with Gasteiger partial charge in [0.15, 0.2) is 0 Å². The van der Waals surface area contributed by atoms with E-state index in [1.807, 2.05) is 0 Å². The van der Waals surface area contributed by atoms with Crippen LogP contribution in [0.5, 0.6) is 0 Å². The molecule has 0 aromatic heterocycles. The number of ether oxygens (including phenoxy) is 1. The SMILES string of the molecule is CCN(CC1CC1)C1COCCC1N. The van der Waals surface area contributed by atoms with Crippen molar-refractivity contribution in [3.8, 4) is 0 Å². The maximum Gasteiger partial charge on any atom is 0.0636 e. The minimum Gasteiger partial charge on any atom is -0.380 e. The van der Waals surface area contributed by atoms with Crippen molar-refractivity contribution in [1.82, 2.24) is 4.90 Å². The van der Waals surface area contributed by atoms with Crippen molar-refractivity contribution in [1.29, 1.82) is 0 Å². The van der Waals surface area contributed by atoms with Gasteiger partial charge in [0, 0.05) is 25.2 Å². The van der Waals surface area contributed by atoms with Crippen LogP contribution in [0.4, 0.5) is 0 Å². The average Bonchev–Trinajstić information content (AvgIpc) is 2.99. The molecular formula is C11H22N2O. The molecule has 1 aliphatic carbocycles. The third-order valence-corrected chi connectivity index (χ3v) is 3.44. The van der Waals surface area contributed by atoms with E-state index in [0.29, 0.717) is 12.1 Å². The molecule has 2 aliphatic rings. The van der Waals surface area contributed by atoms with Crippen LogP contribution in [-0.4, -0.2) is 43.3 Å². The third-order valence-electron chi connectivity index (χ3n) is 3.44. The zero-order valence-electron chi connectivity index (χ0n) is 9.11. The topological polar surface area (TPSA) is 38.5 Å². The number of hydrogen-bond donors (Lipinski definition) is 1. The van der Waals surface area contributed by atoms with Crippen molar-refractivity contribution in [3.63, 3.8) is 0 Å². The van der Waals surface area contributed by atoms with Gasteiger partial charge in [0.2, 0.25) is 0 Å². The van der Waals surface area contributed by atoms with Crippen molar-refractivity contribution in [2.45, 2.75) is 38.3 Å². The molecule has 0 bridgehead atoms. The van der Waals surface area contributed by atoms with Gasteiger partial charge in [0.05, 0.1) is 6.61 Å². The first-order chi connectivity index (χ1) is 6.81. The van der Waals surface area contributed by atoms with Crippen LogP contribution in [-0.2, 0) is 4.74 Å². The molecular weight excluding hydrogens is 176 g/mol. The van der Waals surface area contributed by atoms with Crippen LogP contribution >= 0.6 is 0 Å².